The van der Waals surface area contributed by atoms with E-state index in [2.05, 4.69) is 5.32 Å². The van der Waals surface area contributed by atoms with E-state index in [0.717, 1.165) is 26.9 Å². The second-order valence-corrected chi connectivity index (χ2v) is 6.45. The molecule has 1 aliphatic heterocycles. The number of hydrogen-bond donors (Lipinski definition) is 1. The minimum atomic E-state index is -0.524. The van der Waals surface area contributed by atoms with E-state index in [4.69, 9.17) is 11.6 Å². The highest BCUT2D eigenvalue weighted by molar-refractivity contribution is 6.53. The van der Waals surface area contributed by atoms with E-state index in [-0.39, 0.29) is 10.7 Å². The SMILES string of the molecule is Cc1ccccc1NC1=C(Cl)C(=O)N(c2cccc3ccccc23)C1=O. The number of benzene rings is 3. The smallest absolute Gasteiger partial charge is 0.283 e. The van der Waals surface area contributed by atoms with Crippen molar-refractivity contribution in [2.75, 3.05) is 10.2 Å². The number of nitrogens with one attached hydrogen (secondary N) is 1. The van der Waals surface area contributed by atoms with Gasteiger partial charge in [0.15, 0.2) is 0 Å². The first-order valence-electron chi connectivity index (χ1n) is 8.17. The average Bonchev–Trinajstić information content (AvgIpc) is 2.86. The summed E-state index contributed by atoms with van der Waals surface area (Å²) in [6.45, 7) is 1.92. The van der Waals surface area contributed by atoms with E-state index in [1.807, 2.05) is 67.6 Å². The van der Waals surface area contributed by atoms with Crippen LogP contribution in [0.1, 0.15) is 5.56 Å². The summed E-state index contributed by atoms with van der Waals surface area (Å²) in [5.41, 5.74) is 2.31. The van der Waals surface area contributed by atoms with Crippen LogP contribution in [-0.4, -0.2) is 11.8 Å². The highest BCUT2D eigenvalue weighted by atomic mass is 35.5. The van der Waals surface area contributed by atoms with E-state index in [1.165, 1.54) is 0 Å². The molecule has 128 valence electrons. The lowest BCUT2D eigenvalue weighted by molar-refractivity contribution is -0.120. The van der Waals surface area contributed by atoms with Gasteiger partial charge in [-0.25, -0.2) is 4.90 Å². The Hall–Kier alpha value is -3.11. The number of nitrogens with zero attached hydrogens (tertiary/aromatic N) is 1. The van der Waals surface area contributed by atoms with E-state index in [1.54, 1.807) is 6.07 Å². The number of carbonyl (C=O) groups excluding carboxylic acids is 2. The van der Waals surface area contributed by atoms with Gasteiger partial charge in [0, 0.05) is 11.1 Å². The van der Waals surface area contributed by atoms with Gasteiger partial charge in [0.1, 0.15) is 10.7 Å². The van der Waals surface area contributed by atoms with Crippen LogP contribution in [0.25, 0.3) is 10.8 Å². The summed E-state index contributed by atoms with van der Waals surface area (Å²) in [4.78, 5) is 26.8. The third kappa shape index (κ3) is 2.55. The zero-order valence-electron chi connectivity index (χ0n) is 14.0. The van der Waals surface area contributed by atoms with Gasteiger partial charge in [-0.05, 0) is 30.0 Å². The topological polar surface area (TPSA) is 49.4 Å². The molecule has 0 saturated heterocycles. The molecule has 3 aromatic rings. The number of amides is 2. The van der Waals surface area contributed by atoms with Gasteiger partial charge in [-0.2, -0.15) is 0 Å². The van der Waals surface area contributed by atoms with Gasteiger partial charge in [0.05, 0.1) is 5.69 Å². The first kappa shape index (κ1) is 16.4. The Morgan fingerprint density at radius 1 is 0.846 bits per heavy atom. The van der Waals surface area contributed by atoms with Crippen molar-refractivity contribution in [2.24, 2.45) is 0 Å². The molecule has 1 N–H and O–H groups in total. The molecule has 0 atom stereocenters. The number of anilines is 2. The Bertz CT molecular complexity index is 1080. The van der Waals surface area contributed by atoms with Crippen LogP contribution in [0.15, 0.2) is 77.5 Å². The van der Waals surface area contributed by atoms with E-state index < -0.39 is 11.8 Å². The molecule has 0 saturated carbocycles. The van der Waals surface area contributed by atoms with Crippen LogP contribution in [0.5, 0.6) is 0 Å². The first-order valence-corrected chi connectivity index (χ1v) is 8.54. The Morgan fingerprint density at radius 3 is 2.35 bits per heavy atom. The van der Waals surface area contributed by atoms with Crippen molar-refractivity contribution in [2.45, 2.75) is 6.92 Å². The molecular weight excluding hydrogens is 348 g/mol. The Kier molecular flexibility index (Phi) is 3.98. The molecule has 1 aliphatic rings. The predicted molar refractivity (Wildman–Crippen MR) is 104 cm³/mol. The zero-order chi connectivity index (χ0) is 18.3. The minimum absolute atomic E-state index is 0.0962. The normalized spacial score (nSPS) is 14.5. The fourth-order valence-corrected chi connectivity index (χ4v) is 3.29. The molecule has 0 spiro atoms. The van der Waals surface area contributed by atoms with Crippen LogP contribution in [0.4, 0.5) is 11.4 Å². The van der Waals surface area contributed by atoms with Gasteiger partial charge >= 0.3 is 0 Å². The molecule has 3 aromatic carbocycles. The summed E-state index contributed by atoms with van der Waals surface area (Å²) >= 11 is 6.23. The molecular formula is C21H15ClN2O2. The molecule has 0 aliphatic carbocycles. The number of aryl methyl sites for hydroxylation is 1. The predicted octanol–water partition coefficient (Wildman–Crippen LogP) is 4.58. The molecule has 0 radical (unpaired) electrons. The molecule has 0 bridgehead atoms. The highest BCUT2D eigenvalue weighted by Crippen LogP contribution is 2.34. The molecule has 4 nitrogen and oxygen atoms in total. The van der Waals surface area contributed by atoms with E-state index >= 15 is 0 Å². The number of halogens is 1. The molecule has 0 unspecified atom stereocenters. The number of rotatable bonds is 3. The molecule has 2 amide bonds. The van der Waals surface area contributed by atoms with Crippen molar-refractivity contribution >= 4 is 45.6 Å². The summed E-state index contributed by atoms with van der Waals surface area (Å²) in [5, 5.41) is 4.68. The Labute approximate surface area is 155 Å². The van der Waals surface area contributed by atoms with Gasteiger partial charge < -0.3 is 5.32 Å². The summed E-state index contributed by atoms with van der Waals surface area (Å²) in [6.07, 6.45) is 0. The quantitative estimate of drug-likeness (QED) is 0.693. The van der Waals surface area contributed by atoms with Crippen LogP contribution in [0.2, 0.25) is 0 Å². The van der Waals surface area contributed by atoms with Crippen molar-refractivity contribution in [1.82, 2.24) is 0 Å². The lowest BCUT2D eigenvalue weighted by Gasteiger charge is -2.17. The fraction of sp³-hybridized carbons (Fsp3) is 0.0476. The standard InChI is InChI=1S/C21H15ClN2O2/c1-13-7-2-5-11-16(13)23-19-18(22)20(25)24(21(19)26)17-12-6-9-14-8-3-4-10-15(14)17/h2-12,23H,1H3. The van der Waals surface area contributed by atoms with Gasteiger partial charge in [-0.1, -0.05) is 66.2 Å². The lowest BCUT2D eigenvalue weighted by Crippen LogP contribution is -2.32. The molecule has 5 heteroatoms. The third-order valence-corrected chi connectivity index (χ3v) is 4.79. The van der Waals surface area contributed by atoms with Crippen molar-refractivity contribution in [3.05, 3.63) is 83.0 Å². The maximum atomic E-state index is 13.0. The maximum absolute atomic E-state index is 13.0. The fourth-order valence-electron chi connectivity index (χ4n) is 3.08. The monoisotopic (exact) mass is 362 g/mol. The van der Waals surface area contributed by atoms with E-state index in [9.17, 15) is 9.59 Å². The lowest BCUT2D eigenvalue weighted by atomic mass is 10.1. The van der Waals surface area contributed by atoms with Crippen LogP contribution < -0.4 is 10.2 Å². The third-order valence-electron chi connectivity index (χ3n) is 4.44. The Morgan fingerprint density at radius 2 is 1.54 bits per heavy atom. The molecule has 4 rings (SSSR count). The Balaban J connectivity index is 1.76. The average molecular weight is 363 g/mol. The van der Waals surface area contributed by atoms with Crippen LogP contribution in [0.3, 0.4) is 0 Å². The van der Waals surface area contributed by atoms with Crippen LogP contribution in [-0.2, 0) is 9.59 Å². The second-order valence-electron chi connectivity index (χ2n) is 6.07. The van der Waals surface area contributed by atoms with Crippen molar-refractivity contribution in [1.29, 1.82) is 0 Å². The minimum Gasteiger partial charge on any atom is -0.349 e. The molecule has 26 heavy (non-hydrogen) atoms. The molecule has 0 fully saturated rings. The molecule has 0 aromatic heterocycles. The zero-order valence-corrected chi connectivity index (χ0v) is 14.7. The highest BCUT2D eigenvalue weighted by Gasteiger charge is 2.39. The van der Waals surface area contributed by atoms with Gasteiger partial charge in [0.2, 0.25) is 0 Å². The van der Waals surface area contributed by atoms with Gasteiger partial charge in [-0.3, -0.25) is 9.59 Å². The largest absolute Gasteiger partial charge is 0.349 e. The number of imide groups is 1. The van der Waals surface area contributed by atoms with Crippen molar-refractivity contribution < 1.29 is 9.59 Å². The van der Waals surface area contributed by atoms with Crippen LogP contribution in [0, 0.1) is 6.92 Å². The number of para-hydroxylation sites is 1. The van der Waals surface area contributed by atoms with Crippen LogP contribution >= 0.6 is 11.6 Å². The van der Waals surface area contributed by atoms with E-state index in [0.29, 0.717) is 5.69 Å². The van der Waals surface area contributed by atoms with Crippen molar-refractivity contribution in [3.8, 4) is 0 Å². The second kappa shape index (κ2) is 6.32. The molecule has 1 heterocycles. The van der Waals surface area contributed by atoms with Gasteiger partial charge in [-0.15, -0.1) is 0 Å². The van der Waals surface area contributed by atoms with Gasteiger partial charge in [0.25, 0.3) is 11.8 Å². The summed E-state index contributed by atoms with van der Waals surface area (Å²) in [6, 6.07) is 20.6. The van der Waals surface area contributed by atoms with Crippen molar-refractivity contribution in [3.63, 3.8) is 0 Å². The number of carbonyl (C=O) groups is 2. The number of hydrogen-bond acceptors (Lipinski definition) is 3. The number of fused-ring (bicyclic) bond motifs is 1. The summed E-state index contributed by atoms with van der Waals surface area (Å²) < 4.78 is 0. The first-order chi connectivity index (χ1) is 12.6. The summed E-state index contributed by atoms with van der Waals surface area (Å²) in [5.74, 6) is -0.983. The summed E-state index contributed by atoms with van der Waals surface area (Å²) in [7, 11) is 0. The maximum Gasteiger partial charge on any atom is 0.283 e.